The van der Waals surface area contributed by atoms with Gasteiger partial charge >= 0.3 is 6.03 Å². The SMILES string of the molecule is CC(C)COc1cc(C2(NCCCC/C=C/CN3C(=O)NC(=O)[C@@H]3C)CC2)ccc1F. The summed E-state index contributed by atoms with van der Waals surface area (Å²) in [5.41, 5.74) is 1.05. The maximum atomic E-state index is 14.0. The van der Waals surface area contributed by atoms with Crippen LogP contribution >= 0.6 is 0 Å². The zero-order valence-electron chi connectivity index (χ0n) is 18.7. The highest BCUT2D eigenvalue weighted by atomic mass is 19.1. The van der Waals surface area contributed by atoms with Crippen molar-refractivity contribution in [1.29, 1.82) is 0 Å². The van der Waals surface area contributed by atoms with Crippen LogP contribution in [0.2, 0.25) is 0 Å². The Kier molecular flexibility index (Phi) is 7.70. The minimum atomic E-state index is -0.404. The molecule has 0 aromatic heterocycles. The molecule has 1 aromatic carbocycles. The largest absolute Gasteiger partial charge is 0.490 e. The number of imide groups is 1. The highest BCUT2D eigenvalue weighted by Crippen LogP contribution is 2.46. The number of amides is 3. The van der Waals surface area contributed by atoms with Crippen LogP contribution in [0.15, 0.2) is 30.4 Å². The minimum Gasteiger partial charge on any atom is -0.490 e. The van der Waals surface area contributed by atoms with E-state index in [0.29, 0.717) is 24.8 Å². The third-order valence-electron chi connectivity index (χ3n) is 5.87. The highest BCUT2D eigenvalue weighted by Gasteiger charge is 2.44. The smallest absolute Gasteiger partial charge is 0.325 e. The van der Waals surface area contributed by atoms with Crippen molar-refractivity contribution in [2.75, 3.05) is 19.7 Å². The number of hydrogen-bond acceptors (Lipinski definition) is 4. The molecule has 0 spiro atoms. The van der Waals surface area contributed by atoms with E-state index in [-0.39, 0.29) is 23.3 Å². The molecule has 1 saturated heterocycles. The predicted octanol–water partition coefficient (Wildman–Crippen LogP) is 4.11. The van der Waals surface area contributed by atoms with E-state index in [1.807, 2.05) is 32.1 Å². The van der Waals surface area contributed by atoms with Gasteiger partial charge in [0.1, 0.15) is 6.04 Å². The maximum Gasteiger partial charge on any atom is 0.325 e. The highest BCUT2D eigenvalue weighted by molar-refractivity contribution is 6.03. The summed E-state index contributed by atoms with van der Waals surface area (Å²) in [5.74, 6) is 0.144. The van der Waals surface area contributed by atoms with Crippen molar-refractivity contribution in [3.8, 4) is 5.75 Å². The van der Waals surface area contributed by atoms with Gasteiger partial charge in [0.2, 0.25) is 0 Å². The number of nitrogens with one attached hydrogen (secondary N) is 2. The topological polar surface area (TPSA) is 70.7 Å². The summed E-state index contributed by atoms with van der Waals surface area (Å²) < 4.78 is 19.7. The number of carbonyl (C=O) groups is 2. The van der Waals surface area contributed by atoms with Crippen LogP contribution in [0.1, 0.15) is 58.4 Å². The van der Waals surface area contributed by atoms with Crippen LogP contribution in [0.4, 0.5) is 9.18 Å². The summed E-state index contributed by atoms with van der Waals surface area (Å²) in [4.78, 5) is 24.6. The van der Waals surface area contributed by atoms with E-state index < -0.39 is 6.04 Å². The van der Waals surface area contributed by atoms with Crippen LogP contribution in [-0.2, 0) is 10.3 Å². The number of urea groups is 1. The van der Waals surface area contributed by atoms with Crippen LogP contribution in [0.25, 0.3) is 0 Å². The molecule has 7 heteroatoms. The number of nitrogens with zero attached hydrogens (tertiary/aromatic N) is 1. The molecular formula is C24H34FN3O3. The Labute approximate surface area is 184 Å². The summed E-state index contributed by atoms with van der Waals surface area (Å²) in [5, 5.41) is 5.96. The van der Waals surface area contributed by atoms with Crippen molar-refractivity contribution in [3.05, 3.63) is 41.7 Å². The van der Waals surface area contributed by atoms with Gasteiger partial charge in [0.15, 0.2) is 11.6 Å². The lowest BCUT2D eigenvalue weighted by atomic mass is 10.0. The molecule has 1 heterocycles. The van der Waals surface area contributed by atoms with Crippen molar-refractivity contribution < 1.29 is 18.7 Å². The van der Waals surface area contributed by atoms with Crippen LogP contribution in [-0.4, -0.2) is 42.6 Å². The maximum absolute atomic E-state index is 14.0. The van der Waals surface area contributed by atoms with E-state index in [0.717, 1.165) is 44.2 Å². The fraction of sp³-hybridized carbons (Fsp3) is 0.583. The molecule has 31 heavy (non-hydrogen) atoms. The van der Waals surface area contributed by atoms with Gasteiger partial charge in [0.25, 0.3) is 5.91 Å². The third-order valence-corrected chi connectivity index (χ3v) is 5.87. The summed E-state index contributed by atoms with van der Waals surface area (Å²) in [7, 11) is 0. The fourth-order valence-electron chi connectivity index (χ4n) is 3.72. The predicted molar refractivity (Wildman–Crippen MR) is 118 cm³/mol. The second kappa shape index (κ2) is 10.3. The van der Waals surface area contributed by atoms with E-state index in [1.54, 1.807) is 6.92 Å². The molecule has 3 rings (SSSR count). The lowest BCUT2D eigenvalue weighted by molar-refractivity contribution is -0.120. The molecule has 1 saturated carbocycles. The Morgan fingerprint density at radius 3 is 2.71 bits per heavy atom. The normalized spacial score (nSPS) is 20.0. The average molecular weight is 432 g/mol. The van der Waals surface area contributed by atoms with Gasteiger partial charge in [-0.05, 0) is 69.2 Å². The Morgan fingerprint density at radius 2 is 2.06 bits per heavy atom. The Bertz CT molecular complexity index is 820. The van der Waals surface area contributed by atoms with Gasteiger partial charge in [0.05, 0.1) is 6.61 Å². The molecule has 1 atom stereocenters. The number of carbonyl (C=O) groups excluding carboxylic acids is 2. The van der Waals surface area contributed by atoms with E-state index in [9.17, 15) is 14.0 Å². The van der Waals surface area contributed by atoms with Gasteiger partial charge < -0.3 is 15.0 Å². The molecule has 0 radical (unpaired) electrons. The number of rotatable bonds is 12. The number of unbranched alkanes of at least 4 members (excludes halogenated alkanes) is 2. The molecule has 1 aliphatic heterocycles. The van der Waals surface area contributed by atoms with Crippen LogP contribution in [0.3, 0.4) is 0 Å². The van der Waals surface area contributed by atoms with Gasteiger partial charge in [-0.2, -0.15) is 0 Å². The first-order valence-corrected chi connectivity index (χ1v) is 11.3. The zero-order chi connectivity index (χ0) is 22.4. The van der Waals surface area contributed by atoms with Crippen LogP contribution in [0.5, 0.6) is 5.75 Å². The molecule has 2 N–H and O–H groups in total. The van der Waals surface area contributed by atoms with Gasteiger partial charge in [0, 0.05) is 12.1 Å². The van der Waals surface area contributed by atoms with E-state index >= 15 is 0 Å². The van der Waals surface area contributed by atoms with E-state index in [2.05, 4.69) is 16.7 Å². The molecule has 0 bridgehead atoms. The van der Waals surface area contributed by atoms with Gasteiger partial charge in [-0.1, -0.05) is 32.1 Å². The average Bonchev–Trinajstić information content (AvgIpc) is 3.47. The molecule has 170 valence electrons. The van der Waals surface area contributed by atoms with E-state index in [1.165, 1.54) is 11.0 Å². The molecule has 3 amide bonds. The number of halogens is 1. The first-order valence-electron chi connectivity index (χ1n) is 11.3. The summed E-state index contributed by atoms with van der Waals surface area (Å²) in [6, 6.07) is 4.49. The Morgan fingerprint density at radius 1 is 1.29 bits per heavy atom. The molecule has 2 aliphatic rings. The quantitative estimate of drug-likeness (QED) is 0.297. The zero-order valence-corrected chi connectivity index (χ0v) is 18.7. The molecule has 6 nitrogen and oxygen atoms in total. The summed E-state index contributed by atoms with van der Waals surface area (Å²) in [6.45, 7) is 7.68. The monoisotopic (exact) mass is 431 g/mol. The van der Waals surface area contributed by atoms with Crippen molar-refractivity contribution in [3.63, 3.8) is 0 Å². The number of hydrogen-bond donors (Lipinski definition) is 2. The van der Waals surface area contributed by atoms with Gasteiger partial charge in [-0.15, -0.1) is 0 Å². The standard InChI is InChI=1S/C24H34FN3O3/c1-17(2)16-31-21-15-19(9-10-20(21)25)24(11-12-24)26-13-7-5-4-6-8-14-28-18(3)22(29)27-23(28)30/h6,8-10,15,17-18,26H,4-5,7,11-14,16H2,1-3H3,(H,27,29,30)/b8-6+/t18-/m0/s1. The van der Waals surface area contributed by atoms with Gasteiger partial charge in [-0.3, -0.25) is 10.1 Å². The number of ether oxygens (including phenoxy) is 1. The Hall–Kier alpha value is -2.41. The number of benzene rings is 1. The van der Waals surface area contributed by atoms with Crippen molar-refractivity contribution in [1.82, 2.24) is 15.5 Å². The molecule has 1 aliphatic carbocycles. The van der Waals surface area contributed by atoms with Crippen LogP contribution in [0, 0.1) is 11.7 Å². The Balaban J connectivity index is 1.37. The number of allylic oxidation sites excluding steroid dienone is 1. The molecule has 0 unspecified atom stereocenters. The second-order valence-corrected chi connectivity index (χ2v) is 8.95. The fourth-order valence-corrected chi connectivity index (χ4v) is 3.72. The summed E-state index contributed by atoms with van der Waals surface area (Å²) >= 11 is 0. The first-order chi connectivity index (χ1) is 14.8. The van der Waals surface area contributed by atoms with Crippen molar-refractivity contribution >= 4 is 11.9 Å². The van der Waals surface area contributed by atoms with Crippen LogP contribution < -0.4 is 15.4 Å². The van der Waals surface area contributed by atoms with Crippen molar-refractivity contribution in [2.24, 2.45) is 5.92 Å². The third kappa shape index (κ3) is 6.06. The lowest BCUT2D eigenvalue weighted by Gasteiger charge is -2.19. The molecule has 2 fully saturated rings. The second-order valence-electron chi connectivity index (χ2n) is 8.95. The molecular weight excluding hydrogens is 397 g/mol. The first kappa shape index (κ1) is 23.3. The minimum absolute atomic E-state index is 0.0503. The lowest BCUT2D eigenvalue weighted by Crippen LogP contribution is -2.32. The molecule has 1 aromatic rings. The van der Waals surface area contributed by atoms with Crippen molar-refractivity contribution in [2.45, 2.75) is 64.5 Å². The van der Waals surface area contributed by atoms with Gasteiger partial charge in [-0.25, -0.2) is 9.18 Å². The summed E-state index contributed by atoms with van der Waals surface area (Å²) in [6.07, 6.45) is 9.11. The van der Waals surface area contributed by atoms with E-state index in [4.69, 9.17) is 4.74 Å².